The minimum atomic E-state index is -0.133. The number of hydrogen-bond donors (Lipinski definition) is 1. The summed E-state index contributed by atoms with van der Waals surface area (Å²) in [5.74, 6) is -0.133. The molecule has 144 valence electrons. The van der Waals surface area contributed by atoms with Gasteiger partial charge in [0.25, 0.3) is 5.91 Å². The topological polar surface area (TPSA) is 42.0 Å². The molecule has 0 atom stereocenters. The monoisotopic (exact) mass is 420 g/mol. The van der Waals surface area contributed by atoms with E-state index in [0.29, 0.717) is 27.8 Å². The van der Waals surface area contributed by atoms with Crippen molar-refractivity contribution in [3.63, 3.8) is 0 Å². The van der Waals surface area contributed by atoms with Crippen molar-refractivity contribution < 1.29 is 4.79 Å². The Kier molecular flexibility index (Phi) is 5.79. The maximum Gasteiger partial charge on any atom is 0.252 e. The number of halogens is 2. The van der Waals surface area contributed by atoms with Crippen LogP contribution >= 0.6 is 23.2 Å². The van der Waals surface area contributed by atoms with E-state index in [1.165, 1.54) is 5.56 Å². The van der Waals surface area contributed by atoms with Crippen molar-refractivity contribution in [1.29, 1.82) is 0 Å². The van der Waals surface area contributed by atoms with Crippen molar-refractivity contribution in [3.8, 4) is 11.3 Å². The average Bonchev–Trinajstić information content (AvgIpc) is 2.73. The van der Waals surface area contributed by atoms with E-state index in [2.05, 4.69) is 17.4 Å². The van der Waals surface area contributed by atoms with Crippen molar-refractivity contribution in [1.82, 2.24) is 10.3 Å². The Morgan fingerprint density at radius 3 is 2.45 bits per heavy atom. The smallest absolute Gasteiger partial charge is 0.252 e. The third-order valence-electron chi connectivity index (χ3n) is 4.71. The number of carbonyl (C=O) groups is 1. The summed E-state index contributed by atoms with van der Waals surface area (Å²) >= 11 is 12.4. The predicted molar refractivity (Wildman–Crippen MR) is 120 cm³/mol. The zero-order valence-electron chi connectivity index (χ0n) is 15.5. The summed E-state index contributed by atoms with van der Waals surface area (Å²) in [6.07, 6.45) is 0.769. The summed E-state index contributed by atoms with van der Waals surface area (Å²) < 4.78 is 0. The van der Waals surface area contributed by atoms with Gasteiger partial charge < -0.3 is 5.32 Å². The van der Waals surface area contributed by atoms with Crippen LogP contribution in [-0.4, -0.2) is 17.4 Å². The Morgan fingerprint density at radius 1 is 0.897 bits per heavy atom. The van der Waals surface area contributed by atoms with Crippen LogP contribution in [0.25, 0.3) is 22.2 Å². The highest BCUT2D eigenvalue weighted by molar-refractivity contribution is 6.36. The van der Waals surface area contributed by atoms with E-state index in [-0.39, 0.29) is 5.91 Å². The number of pyridine rings is 1. The second-order valence-corrected chi connectivity index (χ2v) is 7.53. The standard InChI is InChI=1S/C24H18Cl2N2O/c25-17-10-11-19(21(26)14-17)23-15-20(18-8-4-5-9-22(18)28-23)24(29)27-13-12-16-6-2-1-3-7-16/h1-11,14-15H,12-13H2,(H,27,29). The molecular weight excluding hydrogens is 403 g/mol. The van der Waals surface area contributed by atoms with Crippen LogP contribution in [0, 0.1) is 0 Å². The number of carbonyl (C=O) groups excluding carboxylic acids is 1. The van der Waals surface area contributed by atoms with Crippen LogP contribution in [0.4, 0.5) is 0 Å². The quantitative estimate of drug-likeness (QED) is 0.418. The lowest BCUT2D eigenvalue weighted by Crippen LogP contribution is -2.26. The van der Waals surface area contributed by atoms with Crippen LogP contribution in [-0.2, 0) is 6.42 Å². The van der Waals surface area contributed by atoms with Gasteiger partial charge in [-0.2, -0.15) is 0 Å². The molecule has 0 saturated heterocycles. The van der Waals surface area contributed by atoms with E-state index in [0.717, 1.165) is 22.9 Å². The van der Waals surface area contributed by atoms with E-state index in [4.69, 9.17) is 28.2 Å². The first-order valence-corrected chi connectivity index (χ1v) is 10.0. The van der Waals surface area contributed by atoms with Gasteiger partial charge >= 0.3 is 0 Å². The van der Waals surface area contributed by atoms with Gasteiger partial charge in [0.05, 0.1) is 21.8 Å². The van der Waals surface area contributed by atoms with Crippen molar-refractivity contribution in [3.05, 3.63) is 100 Å². The molecular formula is C24H18Cl2N2O. The van der Waals surface area contributed by atoms with Gasteiger partial charge in [0.15, 0.2) is 0 Å². The Bertz CT molecular complexity index is 1180. The second-order valence-electron chi connectivity index (χ2n) is 6.69. The normalized spacial score (nSPS) is 10.8. The first kappa shape index (κ1) is 19.4. The second kappa shape index (κ2) is 8.64. The molecule has 0 aliphatic heterocycles. The molecule has 4 aromatic rings. The first-order valence-electron chi connectivity index (χ1n) is 9.29. The molecule has 1 aromatic heterocycles. The van der Waals surface area contributed by atoms with Gasteiger partial charge in [0.2, 0.25) is 0 Å². The molecule has 0 saturated carbocycles. The minimum absolute atomic E-state index is 0.133. The van der Waals surface area contributed by atoms with Gasteiger partial charge in [-0.25, -0.2) is 4.98 Å². The van der Waals surface area contributed by atoms with Crippen LogP contribution in [0.2, 0.25) is 10.0 Å². The number of para-hydroxylation sites is 1. The van der Waals surface area contributed by atoms with Gasteiger partial charge in [-0.15, -0.1) is 0 Å². The van der Waals surface area contributed by atoms with Gasteiger partial charge in [-0.05, 0) is 42.3 Å². The zero-order valence-corrected chi connectivity index (χ0v) is 17.0. The number of nitrogens with one attached hydrogen (secondary N) is 1. The summed E-state index contributed by atoms with van der Waals surface area (Å²) in [7, 11) is 0. The fourth-order valence-electron chi connectivity index (χ4n) is 3.26. The Labute approximate surface area is 179 Å². The fourth-order valence-corrected chi connectivity index (χ4v) is 3.76. The molecule has 1 amide bonds. The van der Waals surface area contributed by atoms with Crippen molar-refractivity contribution >= 4 is 40.0 Å². The molecule has 0 spiro atoms. The molecule has 0 bridgehead atoms. The molecule has 0 aliphatic rings. The summed E-state index contributed by atoms with van der Waals surface area (Å²) in [5.41, 5.74) is 3.87. The number of benzene rings is 3. The molecule has 1 heterocycles. The van der Waals surface area contributed by atoms with Gasteiger partial charge in [-0.3, -0.25) is 4.79 Å². The highest BCUT2D eigenvalue weighted by Crippen LogP contribution is 2.31. The molecule has 0 aliphatic carbocycles. The summed E-state index contributed by atoms with van der Waals surface area (Å²) in [5, 5.41) is 4.88. The third kappa shape index (κ3) is 4.42. The highest BCUT2D eigenvalue weighted by Gasteiger charge is 2.15. The number of aromatic nitrogens is 1. The predicted octanol–water partition coefficient (Wildman–Crippen LogP) is 6.18. The molecule has 0 unspecified atom stereocenters. The van der Waals surface area contributed by atoms with Crippen LogP contribution in [0.5, 0.6) is 0 Å². The average molecular weight is 421 g/mol. The molecule has 29 heavy (non-hydrogen) atoms. The Hall–Kier alpha value is -2.88. The number of nitrogens with zero attached hydrogens (tertiary/aromatic N) is 1. The van der Waals surface area contributed by atoms with E-state index in [9.17, 15) is 4.79 Å². The lowest BCUT2D eigenvalue weighted by molar-refractivity contribution is 0.0956. The number of hydrogen-bond acceptors (Lipinski definition) is 2. The summed E-state index contributed by atoms with van der Waals surface area (Å²) in [6.45, 7) is 0.552. The van der Waals surface area contributed by atoms with Gasteiger partial charge in [0.1, 0.15) is 0 Å². The largest absolute Gasteiger partial charge is 0.352 e. The SMILES string of the molecule is O=C(NCCc1ccccc1)c1cc(-c2ccc(Cl)cc2Cl)nc2ccccc12. The van der Waals surface area contributed by atoms with Gasteiger partial charge in [0, 0.05) is 22.5 Å². The first-order chi connectivity index (χ1) is 14.1. The molecule has 3 aromatic carbocycles. The van der Waals surface area contributed by atoms with Gasteiger partial charge in [-0.1, -0.05) is 71.7 Å². The van der Waals surface area contributed by atoms with Crippen molar-refractivity contribution in [2.45, 2.75) is 6.42 Å². The number of fused-ring (bicyclic) bond motifs is 1. The third-order valence-corrected chi connectivity index (χ3v) is 5.26. The molecule has 1 N–H and O–H groups in total. The molecule has 0 radical (unpaired) electrons. The van der Waals surface area contributed by atoms with Crippen LogP contribution in [0.15, 0.2) is 78.9 Å². The highest BCUT2D eigenvalue weighted by atomic mass is 35.5. The Morgan fingerprint density at radius 2 is 1.66 bits per heavy atom. The van der Waals surface area contributed by atoms with Crippen molar-refractivity contribution in [2.75, 3.05) is 6.54 Å². The van der Waals surface area contributed by atoms with Crippen LogP contribution in [0.1, 0.15) is 15.9 Å². The lowest BCUT2D eigenvalue weighted by atomic mass is 10.0. The molecule has 5 heteroatoms. The maximum absolute atomic E-state index is 13.0. The fraction of sp³-hybridized carbons (Fsp3) is 0.0833. The molecule has 0 fully saturated rings. The van der Waals surface area contributed by atoms with E-state index in [1.807, 2.05) is 48.5 Å². The molecule has 3 nitrogen and oxygen atoms in total. The van der Waals surface area contributed by atoms with E-state index >= 15 is 0 Å². The van der Waals surface area contributed by atoms with E-state index in [1.54, 1.807) is 18.2 Å². The van der Waals surface area contributed by atoms with Crippen LogP contribution in [0.3, 0.4) is 0 Å². The summed E-state index contributed by atoms with van der Waals surface area (Å²) in [6, 6.07) is 24.7. The lowest BCUT2D eigenvalue weighted by Gasteiger charge is -2.12. The summed E-state index contributed by atoms with van der Waals surface area (Å²) in [4.78, 5) is 17.7. The zero-order chi connectivity index (χ0) is 20.2. The number of rotatable bonds is 5. The minimum Gasteiger partial charge on any atom is -0.352 e. The van der Waals surface area contributed by atoms with Crippen LogP contribution < -0.4 is 5.32 Å². The number of amides is 1. The Balaban J connectivity index is 1.66. The maximum atomic E-state index is 13.0. The molecule has 4 rings (SSSR count). The van der Waals surface area contributed by atoms with E-state index < -0.39 is 0 Å². The van der Waals surface area contributed by atoms with Crippen molar-refractivity contribution in [2.24, 2.45) is 0 Å².